The van der Waals surface area contributed by atoms with Crippen molar-refractivity contribution < 1.29 is 9.59 Å². The van der Waals surface area contributed by atoms with E-state index in [9.17, 15) is 9.59 Å². The van der Waals surface area contributed by atoms with Crippen molar-refractivity contribution in [3.63, 3.8) is 0 Å². The Morgan fingerprint density at radius 2 is 1.81 bits per heavy atom. The molecule has 1 heterocycles. The number of hydrogen-bond acceptors (Lipinski definition) is 3. The number of aryl methyl sites for hydroxylation is 1. The van der Waals surface area contributed by atoms with Gasteiger partial charge in [0.25, 0.3) is 5.91 Å². The number of hydrogen-bond donors (Lipinski definition) is 1. The van der Waals surface area contributed by atoms with E-state index in [1.807, 2.05) is 23.1 Å². The third-order valence-electron chi connectivity index (χ3n) is 6.11. The highest BCUT2D eigenvalue weighted by Crippen LogP contribution is 2.42. The summed E-state index contributed by atoms with van der Waals surface area (Å²) in [5.74, 6) is -0.191. The molecule has 0 spiro atoms. The zero-order valence-corrected chi connectivity index (χ0v) is 18.9. The number of amides is 2. The maximum Gasteiger partial charge on any atom is 0.261 e. The Hall–Kier alpha value is -2.53. The van der Waals surface area contributed by atoms with Gasteiger partial charge in [-0.2, -0.15) is 0 Å². The van der Waals surface area contributed by atoms with E-state index in [4.69, 9.17) is 0 Å². The molecule has 1 saturated heterocycles. The van der Waals surface area contributed by atoms with Crippen LogP contribution in [0.5, 0.6) is 0 Å². The molecule has 2 aromatic rings. The number of fused-ring (bicyclic) bond motifs is 1. The van der Waals surface area contributed by atoms with E-state index in [2.05, 4.69) is 48.6 Å². The number of carbonyl (C=O) groups excluding carboxylic acids is 2. The largest absolute Gasteiger partial charge is 0.352 e. The van der Waals surface area contributed by atoms with E-state index in [-0.39, 0.29) is 17.9 Å². The molecule has 162 valence electrons. The lowest BCUT2D eigenvalue weighted by atomic mass is 9.92. The zero-order chi connectivity index (χ0) is 21.6. The van der Waals surface area contributed by atoms with Crippen LogP contribution in [0.25, 0.3) is 0 Å². The van der Waals surface area contributed by atoms with E-state index in [0.29, 0.717) is 23.2 Å². The quantitative estimate of drug-likeness (QED) is 0.675. The SMILES string of the molecule is Cc1ccc(CN2C(=O)/C(=C/C(=O)NCCc3ccccc3)SC3CCCCC32)cc1. The summed E-state index contributed by atoms with van der Waals surface area (Å²) in [6.07, 6.45) is 6.80. The molecular formula is C26H30N2O2S. The smallest absolute Gasteiger partial charge is 0.261 e. The van der Waals surface area contributed by atoms with E-state index in [0.717, 1.165) is 24.8 Å². The van der Waals surface area contributed by atoms with Crippen LogP contribution in [0.3, 0.4) is 0 Å². The first-order chi connectivity index (χ1) is 15.1. The Balaban J connectivity index is 1.44. The molecule has 2 unspecified atom stereocenters. The molecule has 2 fully saturated rings. The summed E-state index contributed by atoms with van der Waals surface area (Å²) >= 11 is 1.61. The van der Waals surface area contributed by atoms with Crippen LogP contribution in [0.1, 0.15) is 42.4 Å². The van der Waals surface area contributed by atoms with Gasteiger partial charge in [-0.3, -0.25) is 9.59 Å². The van der Waals surface area contributed by atoms with Crippen LogP contribution in [0.15, 0.2) is 65.6 Å². The summed E-state index contributed by atoms with van der Waals surface area (Å²) in [5.41, 5.74) is 3.54. The Morgan fingerprint density at radius 3 is 2.58 bits per heavy atom. The first-order valence-corrected chi connectivity index (χ1v) is 12.0. The first kappa shape index (κ1) is 21.7. The normalized spacial score (nSPS) is 22.3. The van der Waals surface area contributed by atoms with Crippen molar-refractivity contribution in [2.24, 2.45) is 0 Å². The maximum absolute atomic E-state index is 13.3. The molecule has 31 heavy (non-hydrogen) atoms. The van der Waals surface area contributed by atoms with Gasteiger partial charge in [0.15, 0.2) is 0 Å². The van der Waals surface area contributed by atoms with E-state index < -0.39 is 0 Å². The average Bonchev–Trinajstić information content (AvgIpc) is 2.78. The molecule has 4 nitrogen and oxygen atoms in total. The van der Waals surface area contributed by atoms with Gasteiger partial charge in [0.2, 0.25) is 5.91 Å². The molecule has 2 atom stereocenters. The monoisotopic (exact) mass is 434 g/mol. The van der Waals surface area contributed by atoms with Crippen LogP contribution in [0.2, 0.25) is 0 Å². The second kappa shape index (κ2) is 10.2. The van der Waals surface area contributed by atoms with Gasteiger partial charge in [-0.15, -0.1) is 11.8 Å². The predicted octanol–water partition coefficient (Wildman–Crippen LogP) is 4.62. The van der Waals surface area contributed by atoms with Crippen molar-refractivity contribution >= 4 is 23.6 Å². The van der Waals surface area contributed by atoms with Crippen molar-refractivity contribution in [2.75, 3.05) is 6.54 Å². The van der Waals surface area contributed by atoms with Gasteiger partial charge in [-0.05, 0) is 37.3 Å². The third-order valence-corrected chi connectivity index (χ3v) is 7.51. The van der Waals surface area contributed by atoms with Crippen molar-refractivity contribution in [1.82, 2.24) is 10.2 Å². The van der Waals surface area contributed by atoms with Crippen molar-refractivity contribution in [3.05, 3.63) is 82.3 Å². The second-order valence-corrected chi connectivity index (χ2v) is 9.74. The lowest BCUT2D eigenvalue weighted by molar-refractivity contribution is -0.130. The zero-order valence-electron chi connectivity index (χ0n) is 18.0. The number of rotatable bonds is 6. The molecule has 1 saturated carbocycles. The van der Waals surface area contributed by atoms with Crippen LogP contribution in [-0.4, -0.2) is 34.6 Å². The van der Waals surface area contributed by atoms with Crippen molar-refractivity contribution in [3.8, 4) is 0 Å². The highest BCUT2D eigenvalue weighted by atomic mass is 32.2. The fourth-order valence-corrected chi connectivity index (χ4v) is 5.84. The van der Waals surface area contributed by atoms with Crippen LogP contribution < -0.4 is 5.32 Å². The summed E-state index contributed by atoms with van der Waals surface area (Å²) in [5, 5.41) is 3.32. The Labute approximate surface area is 189 Å². The van der Waals surface area contributed by atoms with Crippen LogP contribution in [0.4, 0.5) is 0 Å². The van der Waals surface area contributed by atoms with Crippen LogP contribution >= 0.6 is 11.8 Å². The van der Waals surface area contributed by atoms with Crippen LogP contribution in [-0.2, 0) is 22.6 Å². The fourth-order valence-electron chi connectivity index (χ4n) is 4.40. The minimum Gasteiger partial charge on any atom is -0.352 e. The molecule has 0 aromatic heterocycles. The summed E-state index contributed by atoms with van der Waals surface area (Å²) in [6, 6.07) is 18.7. The molecule has 1 aliphatic heterocycles. The highest BCUT2D eigenvalue weighted by Gasteiger charge is 2.40. The standard InChI is InChI=1S/C26H30N2O2S/c1-19-11-13-21(14-12-19)18-28-22-9-5-6-10-23(22)31-24(26(28)30)17-25(29)27-16-15-20-7-3-2-4-8-20/h2-4,7-8,11-14,17,22-23H,5-6,9-10,15-16,18H2,1H3,(H,27,29)/b24-17-. The topological polar surface area (TPSA) is 49.4 Å². The number of carbonyl (C=O) groups is 2. The maximum atomic E-state index is 13.3. The van der Waals surface area contributed by atoms with Crippen LogP contribution in [0, 0.1) is 6.92 Å². The Kier molecular flexibility index (Phi) is 7.13. The van der Waals surface area contributed by atoms with Gasteiger partial charge >= 0.3 is 0 Å². The fraction of sp³-hybridized carbons (Fsp3) is 0.385. The summed E-state index contributed by atoms with van der Waals surface area (Å²) < 4.78 is 0. The van der Waals surface area contributed by atoms with Crippen molar-refractivity contribution in [2.45, 2.75) is 56.9 Å². The molecule has 1 aliphatic carbocycles. The predicted molar refractivity (Wildman–Crippen MR) is 127 cm³/mol. The molecule has 0 radical (unpaired) electrons. The molecule has 2 aliphatic rings. The molecule has 2 aromatic carbocycles. The van der Waals surface area contributed by atoms with Gasteiger partial charge < -0.3 is 10.2 Å². The lowest BCUT2D eigenvalue weighted by Crippen LogP contribution is -2.51. The minimum absolute atomic E-state index is 0.00747. The van der Waals surface area contributed by atoms with E-state index in [1.165, 1.54) is 30.0 Å². The molecular weight excluding hydrogens is 404 g/mol. The number of nitrogens with zero attached hydrogens (tertiary/aromatic N) is 1. The van der Waals surface area contributed by atoms with Gasteiger partial charge in [-0.25, -0.2) is 0 Å². The molecule has 2 amide bonds. The van der Waals surface area contributed by atoms with E-state index >= 15 is 0 Å². The Bertz CT molecular complexity index is 940. The van der Waals surface area contributed by atoms with Gasteiger partial charge in [-0.1, -0.05) is 73.0 Å². The number of benzene rings is 2. The third kappa shape index (κ3) is 5.59. The summed E-state index contributed by atoms with van der Waals surface area (Å²) in [6.45, 7) is 3.24. The average molecular weight is 435 g/mol. The lowest BCUT2D eigenvalue weighted by Gasteiger charge is -2.44. The number of thioether (sulfide) groups is 1. The van der Waals surface area contributed by atoms with E-state index in [1.54, 1.807) is 11.8 Å². The Morgan fingerprint density at radius 1 is 1.06 bits per heavy atom. The van der Waals surface area contributed by atoms with Crippen molar-refractivity contribution in [1.29, 1.82) is 0 Å². The molecule has 1 N–H and O–H groups in total. The molecule has 5 heteroatoms. The molecule has 0 bridgehead atoms. The minimum atomic E-state index is -0.184. The summed E-state index contributed by atoms with van der Waals surface area (Å²) in [7, 11) is 0. The second-order valence-electron chi connectivity index (χ2n) is 8.46. The molecule has 4 rings (SSSR count). The number of nitrogens with one attached hydrogen (secondary N) is 1. The summed E-state index contributed by atoms with van der Waals surface area (Å²) in [4.78, 5) is 28.5. The van der Waals surface area contributed by atoms with Gasteiger partial charge in [0, 0.05) is 30.5 Å². The van der Waals surface area contributed by atoms with Gasteiger partial charge in [0.1, 0.15) is 0 Å². The first-order valence-electron chi connectivity index (χ1n) is 11.2. The highest BCUT2D eigenvalue weighted by molar-refractivity contribution is 8.04. The van der Waals surface area contributed by atoms with Gasteiger partial charge in [0.05, 0.1) is 4.91 Å².